The minimum absolute atomic E-state index is 0.00506. The molecule has 27 heavy (non-hydrogen) atoms. The normalized spacial score (nSPS) is 11.8. The van der Waals surface area contributed by atoms with Crippen molar-refractivity contribution in [3.63, 3.8) is 0 Å². The Kier molecular flexibility index (Phi) is 8.13. The van der Waals surface area contributed by atoms with E-state index < -0.39 is 17.3 Å². The third-order valence-corrected chi connectivity index (χ3v) is 3.46. The predicted molar refractivity (Wildman–Crippen MR) is 106 cm³/mol. The lowest BCUT2D eigenvalue weighted by Gasteiger charge is -2.20. The Morgan fingerprint density at radius 2 is 1.59 bits per heavy atom. The van der Waals surface area contributed by atoms with Gasteiger partial charge in [0.1, 0.15) is 17.0 Å². The Bertz CT molecular complexity index is 641. The maximum atomic E-state index is 11.9. The van der Waals surface area contributed by atoms with Gasteiger partial charge in [-0.2, -0.15) is 0 Å². The van der Waals surface area contributed by atoms with Crippen molar-refractivity contribution < 1.29 is 24.2 Å². The molecule has 0 unspecified atom stereocenters. The summed E-state index contributed by atoms with van der Waals surface area (Å²) in [5, 5.41) is 12.5. The number of phenolic OH excluding ortho intramolecular Hbond substituents is 1. The number of amides is 1. The van der Waals surface area contributed by atoms with Crippen LogP contribution in [0, 0.1) is 0 Å². The second-order valence-corrected chi connectivity index (χ2v) is 8.63. The van der Waals surface area contributed by atoms with Crippen LogP contribution in [0.4, 0.5) is 10.5 Å². The van der Waals surface area contributed by atoms with Crippen LogP contribution in [0.15, 0.2) is 18.2 Å². The van der Waals surface area contributed by atoms with Crippen molar-refractivity contribution >= 4 is 17.7 Å². The van der Waals surface area contributed by atoms with Crippen LogP contribution in [0.5, 0.6) is 5.75 Å². The van der Waals surface area contributed by atoms with E-state index in [4.69, 9.17) is 9.47 Å². The fourth-order valence-electron chi connectivity index (χ4n) is 2.42. The van der Waals surface area contributed by atoms with Crippen LogP contribution in [0.3, 0.4) is 0 Å². The zero-order valence-electron chi connectivity index (χ0n) is 17.3. The van der Waals surface area contributed by atoms with E-state index in [1.165, 1.54) is 0 Å². The number of ether oxygens (including phenoxy) is 2. The number of aryl methyl sites for hydroxylation is 1. The van der Waals surface area contributed by atoms with Crippen LogP contribution in [-0.4, -0.2) is 28.4 Å². The smallest absolute Gasteiger partial charge is 0.412 e. The van der Waals surface area contributed by atoms with Gasteiger partial charge in [0.25, 0.3) is 0 Å². The molecule has 0 aliphatic heterocycles. The zero-order valence-corrected chi connectivity index (χ0v) is 17.3. The first-order chi connectivity index (χ1) is 12.4. The molecule has 6 nitrogen and oxygen atoms in total. The molecule has 152 valence electrons. The van der Waals surface area contributed by atoms with Crippen molar-refractivity contribution in [2.75, 3.05) is 5.32 Å². The van der Waals surface area contributed by atoms with Crippen LogP contribution < -0.4 is 5.32 Å². The fourth-order valence-corrected chi connectivity index (χ4v) is 2.42. The van der Waals surface area contributed by atoms with E-state index in [9.17, 15) is 14.7 Å². The number of anilines is 1. The number of hydrogen-bond donors (Lipinski definition) is 2. The van der Waals surface area contributed by atoms with Gasteiger partial charge in [0.05, 0.1) is 5.69 Å². The first kappa shape index (κ1) is 22.8. The molecule has 1 aromatic rings. The quantitative estimate of drug-likeness (QED) is 0.387. The zero-order chi connectivity index (χ0) is 20.7. The largest absolute Gasteiger partial charge is 0.506 e. The first-order valence-electron chi connectivity index (χ1n) is 9.39. The Morgan fingerprint density at radius 1 is 0.963 bits per heavy atom. The molecule has 0 spiro atoms. The van der Waals surface area contributed by atoms with Crippen molar-refractivity contribution in [2.24, 2.45) is 0 Å². The average molecular weight is 379 g/mol. The van der Waals surface area contributed by atoms with Gasteiger partial charge in [-0.25, -0.2) is 4.79 Å². The number of carbonyl (C=O) groups excluding carboxylic acids is 2. The highest BCUT2D eigenvalue weighted by molar-refractivity contribution is 5.87. The molecule has 0 aliphatic rings. The molecule has 0 aliphatic carbocycles. The lowest BCUT2D eigenvalue weighted by Crippen LogP contribution is -2.27. The number of hydrogen-bond acceptors (Lipinski definition) is 5. The molecule has 0 heterocycles. The van der Waals surface area contributed by atoms with Crippen molar-refractivity contribution in [2.45, 2.75) is 84.8 Å². The van der Waals surface area contributed by atoms with Gasteiger partial charge in [0, 0.05) is 6.42 Å². The molecule has 2 N–H and O–H groups in total. The summed E-state index contributed by atoms with van der Waals surface area (Å²) < 4.78 is 10.5. The van der Waals surface area contributed by atoms with E-state index in [1.54, 1.807) is 32.9 Å². The molecule has 0 saturated heterocycles. The molecular weight excluding hydrogens is 346 g/mol. The Hall–Kier alpha value is -2.24. The SMILES string of the molecule is CC(C)(C)OC(=O)CCCCCc1ccc(O)c(NC(=O)OC(C)(C)C)c1. The maximum absolute atomic E-state index is 11.9. The molecule has 6 heteroatoms. The van der Waals surface area contributed by atoms with Crippen LogP contribution in [-0.2, 0) is 20.7 Å². The minimum Gasteiger partial charge on any atom is -0.506 e. The van der Waals surface area contributed by atoms with Gasteiger partial charge in [0.2, 0.25) is 0 Å². The van der Waals surface area contributed by atoms with E-state index in [-0.39, 0.29) is 11.7 Å². The number of benzene rings is 1. The van der Waals surface area contributed by atoms with Crippen LogP contribution in [0.2, 0.25) is 0 Å². The van der Waals surface area contributed by atoms with Crippen molar-refractivity contribution in [3.05, 3.63) is 23.8 Å². The van der Waals surface area contributed by atoms with E-state index in [1.807, 2.05) is 26.8 Å². The molecule has 0 aromatic heterocycles. The molecule has 1 aromatic carbocycles. The number of aromatic hydroxyl groups is 1. The number of rotatable bonds is 7. The summed E-state index contributed by atoms with van der Waals surface area (Å²) in [7, 11) is 0. The summed E-state index contributed by atoms with van der Waals surface area (Å²) in [5.41, 5.74) is 0.276. The number of unbranched alkanes of at least 4 members (excludes halogenated alkanes) is 2. The average Bonchev–Trinajstić information content (AvgIpc) is 2.46. The van der Waals surface area contributed by atoms with Gasteiger partial charge in [-0.15, -0.1) is 0 Å². The van der Waals surface area contributed by atoms with Crippen LogP contribution in [0.1, 0.15) is 72.8 Å². The van der Waals surface area contributed by atoms with Crippen molar-refractivity contribution in [1.29, 1.82) is 0 Å². The van der Waals surface area contributed by atoms with Gasteiger partial charge >= 0.3 is 12.1 Å². The van der Waals surface area contributed by atoms with Gasteiger partial charge in [-0.3, -0.25) is 10.1 Å². The molecule has 0 atom stereocenters. The predicted octanol–water partition coefficient (Wildman–Crippen LogP) is 5.18. The summed E-state index contributed by atoms with van der Waals surface area (Å²) in [6, 6.07) is 5.12. The first-order valence-corrected chi connectivity index (χ1v) is 9.39. The Balaban J connectivity index is 2.44. The van der Waals surface area contributed by atoms with E-state index >= 15 is 0 Å². The number of nitrogens with one attached hydrogen (secondary N) is 1. The molecule has 1 amide bonds. The van der Waals surface area contributed by atoms with Crippen molar-refractivity contribution in [3.8, 4) is 5.75 Å². The van der Waals surface area contributed by atoms with Gasteiger partial charge in [-0.1, -0.05) is 12.5 Å². The van der Waals surface area contributed by atoms with Gasteiger partial charge in [-0.05, 0) is 78.5 Å². The van der Waals surface area contributed by atoms with Gasteiger partial charge in [0.15, 0.2) is 0 Å². The van der Waals surface area contributed by atoms with E-state index in [0.717, 1.165) is 31.2 Å². The Labute approximate surface area is 162 Å². The lowest BCUT2D eigenvalue weighted by atomic mass is 10.0. The Morgan fingerprint density at radius 3 is 2.19 bits per heavy atom. The number of carbonyl (C=O) groups is 2. The highest BCUT2D eigenvalue weighted by atomic mass is 16.6. The molecule has 0 fully saturated rings. The van der Waals surface area contributed by atoms with Gasteiger partial charge < -0.3 is 14.6 Å². The molecular formula is C21H33NO5. The molecule has 0 bridgehead atoms. The van der Waals surface area contributed by atoms with Crippen LogP contribution >= 0.6 is 0 Å². The topological polar surface area (TPSA) is 84.9 Å². The molecule has 0 saturated carbocycles. The monoisotopic (exact) mass is 379 g/mol. The third kappa shape index (κ3) is 10.5. The summed E-state index contributed by atoms with van der Waals surface area (Å²) >= 11 is 0. The number of esters is 1. The summed E-state index contributed by atoms with van der Waals surface area (Å²) in [6.07, 6.45) is 3.17. The molecule has 1 rings (SSSR count). The van der Waals surface area contributed by atoms with E-state index in [2.05, 4.69) is 5.32 Å². The second kappa shape index (κ2) is 9.62. The van der Waals surface area contributed by atoms with E-state index in [0.29, 0.717) is 12.1 Å². The lowest BCUT2D eigenvalue weighted by molar-refractivity contribution is -0.154. The number of phenols is 1. The van der Waals surface area contributed by atoms with Crippen LogP contribution in [0.25, 0.3) is 0 Å². The standard InChI is InChI=1S/C21H33NO5/c1-20(2,3)26-18(24)11-9-7-8-10-15-12-13-17(23)16(14-15)22-19(25)27-21(4,5)6/h12-14,23H,7-11H2,1-6H3,(H,22,25). The summed E-state index contributed by atoms with van der Waals surface area (Å²) in [5.74, 6) is -0.175. The fraction of sp³-hybridized carbons (Fsp3) is 0.619. The summed E-state index contributed by atoms with van der Waals surface area (Å²) in [4.78, 5) is 23.5. The summed E-state index contributed by atoms with van der Waals surface area (Å²) in [6.45, 7) is 10.9. The third-order valence-electron chi connectivity index (χ3n) is 3.46. The maximum Gasteiger partial charge on any atom is 0.412 e. The molecule has 0 radical (unpaired) electrons. The highest BCUT2D eigenvalue weighted by Crippen LogP contribution is 2.26. The highest BCUT2D eigenvalue weighted by Gasteiger charge is 2.18. The second-order valence-electron chi connectivity index (χ2n) is 8.63. The minimum atomic E-state index is -0.606. The van der Waals surface area contributed by atoms with Crippen molar-refractivity contribution in [1.82, 2.24) is 0 Å².